The average Bonchev–Trinajstić information content (AvgIpc) is 2.53. The van der Waals surface area contributed by atoms with Crippen LogP contribution in [0.5, 0.6) is 0 Å². The Morgan fingerprint density at radius 3 is 2.57 bits per heavy atom. The number of benzene rings is 1. The Hall–Kier alpha value is -1.51. The molecule has 1 aliphatic heterocycles. The largest absolute Gasteiger partial charge is 0.384 e. The molecule has 116 valence electrons. The van der Waals surface area contributed by atoms with Crippen LogP contribution in [-0.4, -0.2) is 30.4 Å². The number of amides is 1. The van der Waals surface area contributed by atoms with E-state index in [9.17, 15) is 4.79 Å². The molecule has 2 rings (SSSR count). The molecule has 1 aliphatic rings. The van der Waals surface area contributed by atoms with Crippen molar-refractivity contribution in [2.75, 3.05) is 25.0 Å². The van der Waals surface area contributed by atoms with Gasteiger partial charge in [0.2, 0.25) is 0 Å². The van der Waals surface area contributed by atoms with E-state index < -0.39 is 0 Å². The number of carbonyl (C=O) groups excluding carboxylic acids is 1. The summed E-state index contributed by atoms with van der Waals surface area (Å²) in [5.41, 5.74) is 1.79. The Bertz CT molecular complexity index is 450. The second kappa shape index (κ2) is 8.06. The van der Waals surface area contributed by atoms with E-state index in [4.69, 9.17) is 0 Å². The number of hydrogen-bond acceptors (Lipinski definition) is 2. The average molecular weight is 288 g/mol. The van der Waals surface area contributed by atoms with Crippen LogP contribution in [0.1, 0.15) is 56.3 Å². The van der Waals surface area contributed by atoms with E-state index >= 15 is 0 Å². The van der Waals surface area contributed by atoms with Crippen LogP contribution in [0, 0.1) is 5.92 Å². The fourth-order valence-electron chi connectivity index (χ4n) is 3.09. The fraction of sp³-hybridized carbons (Fsp3) is 0.611. The van der Waals surface area contributed by atoms with Crippen molar-refractivity contribution >= 4 is 11.6 Å². The zero-order valence-corrected chi connectivity index (χ0v) is 13.4. The maximum atomic E-state index is 12.7. The number of carbonyl (C=O) groups is 1. The van der Waals surface area contributed by atoms with Gasteiger partial charge in [-0.3, -0.25) is 4.79 Å². The van der Waals surface area contributed by atoms with Crippen LogP contribution in [0.2, 0.25) is 0 Å². The van der Waals surface area contributed by atoms with Gasteiger partial charge in [-0.05, 0) is 37.3 Å². The molecule has 0 atom stereocenters. The predicted octanol–water partition coefficient (Wildman–Crippen LogP) is 4.16. The standard InChI is InChI=1S/C18H28N2O/c1-3-7-15-10-13-20(14-11-15)18(21)16-8-5-6-9-17(16)19-12-4-2/h5-6,8-9,15,19H,3-4,7,10-14H2,1-2H3. The van der Waals surface area contributed by atoms with E-state index in [0.29, 0.717) is 0 Å². The summed E-state index contributed by atoms with van der Waals surface area (Å²) in [6.45, 7) is 7.10. The molecule has 1 fully saturated rings. The third-order valence-electron chi connectivity index (χ3n) is 4.32. The van der Waals surface area contributed by atoms with Crippen LogP contribution in [0.25, 0.3) is 0 Å². The van der Waals surface area contributed by atoms with Gasteiger partial charge in [0, 0.05) is 25.3 Å². The molecule has 0 aromatic heterocycles. The van der Waals surface area contributed by atoms with Crippen LogP contribution in [0.15, 0.2) is 24.3 Å². The normalized spacial score (nSPS) is 16.0. The van der Waals surface area contributed by atoms with E-state index in [1.807, 2.05) is 29.2 Å². The van der Waals surface area contributed by atoms with Gasteiger partial charge in [0.15, 0.2) is 0 Å². The predicted molar refractivity (Wildman–Crippen MR) is 88.8 cm³/mol. The van der Waals surface area contributed by atoms with Gasteiger partial charge >= 0.3 is 0 Å². The number of rotatable bonds is 6. The number of nitrogens with one attached hydrogen (secondary N) is 1. The molecule has 3 nitrogen and oxygen atoms in total. The molecule has 1 aromatic rings. The topological polar surface area (TPSA) is 32.3 Å². The number of hydrogen-bond donors (Lipinski definition) is 1. The molecule has 1 aromatic carbocycles. The molecule has 0 bridgehead atoms. The quantitative estimate of drug-likeness (QED) is 0.852. The lowest BCUT2D eigenvalue weighted by atomic mass is 9.92. The maximum Gasteiger partial charge on any atom is 0.255 e. The molecule has 0 saturated carbocycles. The van der Waals surface area contributed by atoms with Gasteiger partial charge in [-0.25, -0.2) is 0 Å². The van der Waals surface area contributed by atoms with Gasteiger partial charge in [0.1, 0.15) is 0 Å². The third-order valence-corrected chi connectivity index (χ3v) is 4.32. The molecule has 1 N–H and O–H groups in total. The van der Waals surface area contributed by atoms with Gasteiger partial charge in [-0.15, -0.1) is 0 Å². The van der Waals surface area contributed by atoms with Crippen LogP contribution >= 0.6 is 0 Å². The van der Waals surface area contributed by atoms with Gasteiger partial charge < -0.3 is 10.2 Å². The molecule has 3 heteroatoms. The van der Waals surface area contributed by atoms with Crippen molar-refractivity contribution in [2.45, 2.75) is 46.0 Å². The zero-order chi connectivity index (χ0) is 15.1. The summed E-state index contributed by atoms with van der Waals surface area (Å²) in [5, 5.41) is 3.36. The summed E-state index contributed by atoms with van der Waals surface area (Å²) < 4.78 is 0. The Kier molecular flexibility index (Phi) is 6.09. The smallest absolute Gasteiger partial charge is 0.255 e. The van der Waals surface area contributed by atoms with E-state index in [1.54, 1.807) is 0 Å². The molecule has 21 heavy (non-hydrogen) atoms. The van der Waals surface area contributed by atoms with Crippen molar-refractivity contribution in [3.63, 3.8) is 0 Å². The molecular formula is C18H28N2O. The zero-order valence-electron chi connectivity index (χ0n) is 13.4. The Labute approximate surface area is 128 Å². The van der Waals surface area contributed by atoms with Crippen molar-refractivity contribution in [3.8, 4) is 0 Å². The van der Waals surface area contributed by atoms with E-state index in [2.05, 4.69) is 19.2 Å². The summed E-state index contributed by atoms with van der Waals surface area (Å²) in [7, 11) is 0. The third kappa shape index (κ3) is 4.23. The second-order valence-electron chi connectivity index (χ2n) is 6.00. The first-order chi connectivity index (χ1) is 10.3. The van der Waals surface area contributed by atoms with Gasteiger partial charge in [-0.1, -0.05) is 38.8 Å². The SMILES string of the molecule is CCCNc1ccccc1C(=O)N1CCC(CCC)CC1. The minimum Gasteiger partial charge on any atom is -0.384 e. The molecule has 0 radical (unpaired) electrons. The van der Waals surface area contributed by atoms with E-state index in [-0.39, 0.29) is 5.91 Å². The maximum absolute atomic E-state index is 12.7. The van der Waals surface area contributed by atoms with Crippen LogP contribution in [-0.2, 0) is 0 Å². The van der Waals surface area contributed by atoms with Crippen LogP contribution < -0.4 is 5.32 Å². The lowest BCUT2D eigenvalue weighted by Gasteiger charge is -2.32. The Morgan fingerprint density at radius 2 is 1.90 bits per heavy atom. The molecule has 1 heterocycles. The first-order valence-corrected chi connectivity index (χ1v) is 8.38. The van der Waals surface area contributed by atoms with E-state index in [0.717, 1.165) is 56.1 Å². The highest BCUT2D eigenvalue weighted by atomic mass is 16.2. The van der Waals surface area contributed by atoms with Crippen molar-refractivity contribution in [1.29, 1.82) is 0 Å². The minimum absolute atomic E-state index is 0.184. The number of nitrogens with zero attached hydrogens (tertiary/aromatic N) is 1. The highest BCUT2D eigenvalue weighted by molar-refractivity contribution is 5.99. The van der Waals surface area contributed by atoms with Crippen molar-refractivity contribution in [2.24, 2.45) is 5.92 Å². The fourth-order valence-corrected chi connectivity index (χ4v) is 3.09. The lowest BCUT2D eigenvalue weighted by molar-refractivity contribution is 0.0687. The number of para-hydroxylation sites is 1. The van der Waals surface area contributed by atoms with Crippen molar-refractivity contribution in [3.05, 3.63) is 29.8 Å². The first kappa shape index (κ1) is 15.9. The summed E-state index contributed by atoms with van der Waals surface area (Å²) in [6.07, 6.45) is 5.93. The summed E-state index contributed by atoms with van der Waals surface area (Å²) in [5.74, 6) is 0.997. The van der Waals surface area contributed by atoms with Gasteiger partial charge in [0.25, 0.3) is 5.91 Å². The molecule has 0 aliphatic carbocycles. The Balaban J connectivity index is 2.00. The molecule has 1 amide bonds. The van der Waals surface area contributed by atoms with Crippen molar-refractivity contribution < 1.29 is 4.79 Å². The lowest BCUT2D eigenvalue weighted by Crippen LogP contribution is -2.38. The van der Waals surface area contributed by atoms with Gasteiger partial charge in [-0.2, -0.15) is 0 Å². The molecule has 0 unspecified atom stereocenters. The first-order valence-electron chi connectivity index (χ1n) is 8.38. The van der Waals surface area contributed by atoms with Crippen LogP contribution in [0.3, 0.4) is 0 Å². The highest BCUT2D eigenvalue weighted by Gasteiger charge is 2.24. The van der Waals surface area contributed by atoms with E-state index in [1.165, 1.54) is 12.8 Å². The monoisotopic (exact) mass is 288 g/mol. The number of piperidine rings is 1. The minimum atomic E-state index is 0.184. The molecule has 0 spiro atoms. The number of anilines is 1. The summed E-state index contributed by atoms with van der Waals surface area (Å²) in [6, 6.07) is 7.89. The van der Waals surface area contributed by atoms with Gasteiger partial charge in [0.05, 0.1) is 5.56 Å². The molecule has 1 saturated heterocycles. The van der Waals surface area contributed by atoms with Crippen molar-refractivity contribution in [1.82, 2.24) is 4.90 Å². The highest BCUT2D eigenvalue weighted by Crippen LogP contribution is 2.24. The van der Waals surface area contributed by atoms with Crippen LogP contribution in [0.4, 0.5) is 5.69 Å². The summed E-state index contributed by atoms with van der Waals surface area (Å²) >= 11 is 0. The Morgan fingerprint density at radius 1 is 1.19 bits per heavy atom. The molecular weight excluding hydrogens is 260 g/mol. The summed E-state index contributed by atoms with van der Waals surface area (Å²) in [4.78, 5) is 14.8. The second-order valence-corrected chi connectivity index (χ2v) is 6.00. The number of likely N-dealkylation sites (tertiary alicyclic amines) is 1.